The van der Waals surface area contributed by atoms with Crippen LogP contribution in [0, 0.1) is 0 Å². The van der Waals surface area contributed by atoms with Crippen molar-refractivity contribution in [2.75, 3.05) is 6.54 Å². The predicted molar refractivity (Wildman–Crippen MR) is 106 cm³/mol. The molecular formula is C20H26BrN3O3. The van der Waals surface area contributed by atoms with Crippen LogP contribution in [0.4, 0.5) is 4.79 Å². The second-order valence-corrected chi connectivity index (χ2v) is 8.49. The maximum absolute atomic E-state index is 12.6. The van der Waals surface area contributed by atoms with Gasteiger partial charge >= 0.3 is 6.03 Å². The molecule has 0 radical (unpaired) electrons. The van der Waals surface area contributed by atoms with E-state index in [9.17, 15) is 14.4 Å². The number of nitrogens with one attached hydrogen (secondary N) is 2. The van der Waals surface area contributed by atoms with Crippen molar-refractivity contribution in [3.8, 4) is 0 Å². The number of carbonyl (C=O) groups excluding carboxylic acids is 3. The predicted octanol–water partition coefficient (Wildman–Crippen LogP) is 3.14. The Morgan fingerprint density at radius 3 is 2.59 bits per heavy atom. The van der Waals surface area contributed by atoms with Gasteiger partial charge in [0.2, 0.25) is 5.91 Å². The molecule has 1 aliphatic carbocycles. The summed E-state index contributed by atoms with van der Waals surface area (Å²) in [6, 6.07) is 7.74. The fourth-order valence-electron chi connectivity index (χ4n) is 3.97. The van der Waals surface area contributed by atoms with Crippen LogP contribution in [0.5, 0.6) is 0 Å². The van der Waals surface area contributed by atoms with Gasteiger partial charge in [0.05, 0.1) is 0 Å². The number of nitrogens with zero attached hydrogens (tertiary/aromatic N) is 1. The van der Waals surface area contributed by atoms with Gasteiger partial charge in [0.15, 0.2) is 0 Å². The van der Waals surface area contributed by atoms with Crippen LogP contribution in [-0.4, -0.2) is 40.9 Å². The highest BCUT2D eigenvalue weighted by Gasteiger charge is 2.51. The minimum absolute atomic E-state index is 0.0251. The van der Waals surface area contributed by atoms with Crippen LogP contribution in [0.25, 0.3) is 0 Å². The summed E-state index contributed by atoms with van der Waals surface area (Å²) in [5, 5.41) is 5.85. The van der Waals surface area contributed by atoms with Crippen LogP contribution in [0.2, 0.25) is 0 Å². The molecule has 1 atom stereocenters. The number of urea groups is 1. The number of imide groups is 1. The van der Waals surface area contributed by atoms with Crippen LogP contribution in [-0.2, 0) is 16.0 Å². The maximum atomic E-state index is 12.6. The Morgan fingerprint density at radius 1 is 1.26 bits per heavy atom. The van der Waals surface area contributed by atoms with Gasteiger partial charge in [-0.3, -0.25) is 14.5 Å². The minimum Gasteiger partial charge on any atom is -0.353 e. The average molecular weight is 436 g/mol. The number of hydrogen-bond acceptors (Lipinski definition) is 3. The van der Waals surface area contributed by atoms with Gasteiger partial charge in [-0.15, -0.1) is 0 Å². The molecule has 146 valence electrons. The molecule has 0 bridgehead atoms. The van der Waals surface area contributed by atoms with Crippen molar-refractivity contribution in [1.82, 2.24) is 15.5 Å². The fourth-order valence-corrected chi connectivity index (χ4v) is 4.23. The lowest BCUT2D eigenvalue weighted by Crippen LogP contribution is -2.44. The summed E-state index contributed by atoms with van der Waals surface area (Å²) in [4.78, 5) is 38.1. The number of carbonyl (C=O) groups is 3. The quantitative estimate of drug-likeness (QED) is 0.645. The van der Waals surface area contributed by atoms with E-state index in [-0.39, 0.29) is 23.9 Å². The van der Waals surface area contributed by atoms with Crippen LogP contribution in [0.1, 0.15) is 51.0 Å². The Bertz CT molecular complexity index is 714. The Hall–Kier alpha value is -1.89. The first kappa shape index (κ1) is 19.9. The van der Waals surface area contributed by atoms with Crippen LogP contribution < -0.4 is 10.6 Å². The molecule has 6 nitrogen and oxygen atoms in total. The summed E-state index contributed by atoms with van der Waals surface area (Å²) in [6.07, 6.45) is 4.93. The summed E-state index contributed by atoms with van der Waals surface area (Å²) in [5.74, 6) is -0.170. The van der Waals surface area contributed by atoms with Gasteiger partial charge in [0, 0.05) is 23.5 Å². The summed E-state index contributed by atoms with van der Waals surface area (Å²) in [5.41, 5.74) is 0.491. The molecule has 27 heavy (non-hydrogen) atoms. The van der Waals surface area contributed by atoms with Crippen molar-refractivity contribution in [3.05, 3.63) is 34.3 Å². The van der Waals surface area contributed by atoms with E-state index in [2.05, 4.69) is 26.6 Å². The summed E-state index contributed by atoms with van der Waals surface area (Å²) in [6.45, 7) is 2.27. The number of halogens is 1. The molecule has 1 aromatic carbocycles. The Labute approximate surface area is 168 Å². The van der Waals surface area contributed by atoms with E-state index in [0.29, 0.717) is 19.4 Å². The second kappa shape index (κ2) is 8.42. The molecule has 1 spiro atoms. The monoisotopic (exact) mass is 435 g/mol. The van der Waals surface area contributed by atoms with Crippen LogP contribution in [0.15, 0.2) is 28.7 Å². The third kappa shape index (κ3) is 4.69. The normalized spacial score (nSPS) is 19.4. The molecule has 2 N–H and O–H groups in total. The standard InChI is InChI=1S/C20H26BrN3O3/c1-14(13-15-6-8-16(21)9-7-15)22-17(25)5-4-12-24-18(26)20(23-19(24)27)10-2-3-11-20/h6-9,14H,2-5,10-13H2,1H3,(H,22,25)(H,23,27). The van der Waals surface area contributed by atoms with E-state index in [1.165, 1.54) is 4.90 Å². The van der Waals surface area contributed by atoms with E-state index in [1.807, 2.05) is 31.2 Å². The van der Waals surface area contributed by atoms with Gasteiger partial charge in [-0.25, -0.2) is 4.79 Å². The highest BCUT2D eigenvalue weighted by molar-refractivity contribution is 9.10. The molecule has 1 saturated carbocycles. The highest BCUT2D eigenvalue weighted by atomic mass is 79.9. The molecule has 2 fully saturated rings. The molecule has 1 unspecified atom stereocenters. The lowest BCUT2D eigenvalue weighted by Gasteiger charge is -2.20. The molecule has 0 aromatic heterocycles. The summed E-state index contributed by atoms with van der Waals surface area (Å²) < 4.78 is 1.03. The molecule has 3 rings (SSSR count). The molecule has 1 heterocycles. The smallest absolute Gasteiger partial charge is 0.325 e. The van der Waals surface area contributed by atoms with E-state index >= 15 is 0 Å². The molecule has 1 saturated heterocycles. The molecule has 1 aromatic rings. The number of benzene rings is 1. The van der Waals surface area contributed by atoms with Gasteiger partial charge in [-0.2, -0.15) is 0 Å². The number of rotatable bonds is 7. The van der Waals surface area contributed by atoms with Crippen LogP contribution in [0.3, 0.4) is 0 Å². The second-order valence-electron chi connectivity index (χ2n) is 7.58. The molecular weight excluding hydrogens is 410 g/mol. The van der Waals surface area contributed by atoms with Crippen molar-refractivity contribution < 1.29 is 14.4 Å². The zero-order valence-electron chi connectivity index (χ0n) is 15.6. The minimum atomic E-state index is -0.668. The topological polar surface area (TPSA) is 78.5 Å². The number of amides is 4. The first-order valence-corrected chi connectivity index (χ1v) is 10.4. The van der Waals surface area contributed by atoms with Gasteiger partial charge < -0.3 is 10.6 Å². The van der Waals surface area contributed by atoms with E-state index in [4.69, 9.17) is 0 Å². The maximum Gasteiger partial charge on any atom is 0.325 e. The third-order valence-electron chi connectivity index (χ3n) is 5.35. The summed E-state index contributed by atoms with van der Waals surface area (Å²) in [7, 11) is 0. The molecule has 4 amide bonds. The van der Waals surface area contributed by atoms with Gasteiger partial charge in [0.1, 0.15) is 5.54 Å². The Balaban J connectivity index is 1.41. The van der Waals surface area contributed by atoms with Crippen molar-refractivity contribution in [2.45, 2.75) is 63.5 Å². The van der Waals surface area contributed by atoms with Crippen LogP contribution >= 0.6 is 15.9 Å². The first-order chi connectivity index (χ1) is 12.9. The third-order valence-corrected chi connectivity index (χ3v) is 5.88. The Morgan fingerprint density at radius 2 is 1.93 bits per heavy atom. The number of hydrogen-bond donors (Lipinski definition) is 2. The Kier molecular flexibility index (Phi) is 6.19. The highest BCUT2D eigenvalue weighted by Crippen LogP contribution is 2.35. The van der Waals surface area contributed by atoms with Crippen molar-refractivity contribution in [1.29, 1.82) is 0 Å². The lowest BCUT2D eigenvalue weighted by atomic mass is 9.98. The largest absolute Gasteiger partial charge is 0.353 e. The molecule has 2 aliphatic rings. The molecule has 7 heteroatoms. The zero-order valence-corrected chi connectivity index (χ0v) is 17.2. The lowest BCUT2D eigenvalue weighted by molar-refractivity contribution is -0.131. The molecule has 1 aliphatic heterocycles. The fraction of sp³-hybridized carbons (Fsp3) is 0.550. The van der Waals surface area contributed by atoms with Gasteiger partial charge in [0.25, 0.3) is 5.91 Å². The average Bonchev–Trinajstić information content (AvgIpc) is 3.17. The van der Waals surface area contributed by atoms with Crippen molar-refractivity contribution in [3.63, 3.8) is 0 Å². The van der Waals surface area contributed by atoms with E-state index < -0.39 is 5.54 Å². The zero-order chi connectivity index (χ0) is 19.4. The van der Waals surface area contributed by atoms with E-state index in [1.54, 1.807) is 0 Å². The first-order valence-electron chi connectivity index (χ1n) is 9.57. The summed E-state index contributed by atoms with van der Waals surface area (Å²) >= 11 is 3.41. The van der Waals surface area contributed by atoms with E-state index in [0.717, 1.165) is 42.1 Å². The van der Waals surface area contributed by atoms with Gasteiger partial charge in [-0.1, -0.05) is 40.9 Å². The SMILES string of the molecule is CC(Cc1ccc(Br)cc1)NC(=O)CCCN1C(=O)NC2(CCCC2)C1=O. The van der Waals surface area contributed by atoms with Gasteiger partial charge in [-0.05, 0) is 50.3 Å². The van der Waals surface area contributed by atoms with Crippen molar-refractivity contribution >= 4 is 33.8 Å². The van der Waals surface area contributed by atoms with Crippen molar-refractivity contribution in [2.24, 2.45) is 0 Å².